The van der Waals surface area contributed by atoms with Crippen molar-refractivity contribution in [3.63, 3.8) is 0 Å². The molecule has 17 rings (SSSR count). The van der Waals surface area contributed by atoms with E-state index in [1.54, 1.807) is 5.57 Å². The maximum absolute atomic E-state index is 12.4. The third-order valence-corrected chi connectivity index (χ3v) is 84.7. The third kappa shape index (κ3) is 11.5. The van der Waals surface area contributed by atoms with Gasteiger partial charge in [0, 0.05) is 57.2 Å². The Morgan fingerprint density at radius 2 is 1.08 bits per heavy atom. The maximum atomic E-state index is 12.4. The van der Waals surface area contributed by atoms with Crippen LogP contribution in [0.5, 0.6) is 0 Å². The second kappa shape index (κ2) is 29.2. The molecule has 2 spiro atoms. The predicted octanol–water partition coefficient (Wildman–Crippen LogP) is 22.9. The Hall–Kier alpha value is 6.52. The van der Waals surface area contributed by atoms with Gasteiger partial charge in [-0.15, -0.1) is 44.6 Å². The second-order valence-corrected chi connectivity index (χ2v) is 76.7. The van der Waals surface area contributed by atoms with Gasteiger partial charge < -0.3 is 52.5 Å². The zero-order valence-corrected chi connectivity index (χ0v) is 81.7. The molecule has 11 nitrogen and oxygen atoms in total. The summed E-state index contributed by atoms with van der Waals surface area (Å²) in [6.07, 6.45) is 29.8. The van der Waals surface area contributed by atoms with Gasteiger partial charge in [0.2, 0.25) is 0 Å². The lowest BCUT2D eigenvalue weighted by molar-refractivity contribution is -0.222. The minimum Gasteiger partial charge on any atom is -0.388 e. The van der Waals surface area contributed by atoms with Crippen LogP contribution in [0.2, 0.25) is 0 Å². The molecular formula is C71H130O11P18. The van der Waals surface area contributed by atoms with Crippen LogP contribution in [0.25, 0.3) is 0 Å². The van der Waals surface area contributed by atoms with Crippen LogP contribution in [-0.2, 0) is 32.1 Å². The maximum Gasteiger partial charge on any atom is 0.132 e. The SMILES string of the molecule is CC1(C)C2CCC1(C)[C@@]13CCC[C@@]1(O3)[C@@H]2OPP.CC1(C)C2CCC1(C)[C@@]13O[C@@H]1CC[C@@]3(O)[C@@H]2OPP.CC12CCC([C@@H](O)C3=C1CCC3)C2(C)C.CC12CCC([C@@H](OPP)[C@]3(O)CCC=C13)C2(C)C.CC1=CCC2[C@@H](OPP)[C@]3(O)CC[C@@H](OP(P(P)P)P(PP)P(P)P)C3(C1)C2(C)C. The third-order valence-electron chi connectivity index (χ3n) is 34.3. The van der Waals surface area contributed by atoms with Gasteiger partial charge >= 0.3 is 0 Å². The van der Waals surface area contributed by atoms with E-state index in [9.17, 15) is 20.4 Å². The van der Waals surface area contributed by atoms with Crippen molar-refractivity contribution in [1.29, 1.82) is 0 Å². The van der Waals surface area contributed by atoms with Crippen molar-refractivity contribution >= 4 is 151 Å². The molecule has 15 aliphatic carbocycles. The summed E-state index contributed by atoms with van der Waals surface area (Å²) in [5.74, 6) is 2.45. The van der Waals surface area contributed by atoms with Gasteiger partial charge in [-0.3, -0.25) is 0 Å². The van der Waals surface area contributed by atoms with E-state index in [1.807, 2.05) is 0 Å². The van der Waals surface area contributed by atoms with Gasteiger partial charge in [0.25, 0.3) is 0 Å². The summed E-state index contributed by atoms with van der Waals surface area (Å²) in [5.41, 5.74) is 5.16. The highest BCUT2D eigenvalue weighted by Gasteiger charge is 2.91. The average molecular weight is 1720 g/mol. The molecular weight excluding hydrogens is 1590 g/mol. The van der Waals surface area contributed by atoms with Gasteiger partial charge in [-0.25, -0.2) is 0 Å². The van der Waals surface area contributed by atoms with Gasteiger partial charge in [0.05, 0.1) is 50.3 Å². The molecule has 0 aromatic rings. The molecule has 0 amide bonds. The van der Waals surface area contributed by atoms with Crippen LogP contribution in [0.15, 0.2) is 34.4 Å². The predicted molar refractivity (Wildman–Crippen MR) is 468 cm³/mol. The van der Waals surface area contributed by atoms with Crippen molar-refractivity contribution in [2.24, 2.45) is 83.7 Å². The van der Waals surface area contributed by atoms with E-state index < -0.39 is 24.3 Å². The average Bonchev–Trinajstić information content (AvgIpc) is 1.45. The number of hydrogen-bond donors (Lipinski definition) is 4. The largest absolute Gasteiger partial charge is 0.388 e. The van der Waals surface area contributed by atoms with Gasteiger partial charge in [0.1, 0.15) is 33.6 Å². The number of aliphatic hydroxyl groups is 4. The quantitative estimate of drug-likeness (QED) is 0.0747. The molecule has 11 saturated carbocycles. The van der Waals surface area contributed by atoms with E-state index in [1.165, 1.54) is 93.8 Å². The van der Waals surface area contributed by atoms with Crippen LogP contribution in [0.4, 0.5) is 0 Å². The second-order valence-electron chi connectivity index (χ2n) is 37.5. The van der Waals surface area contributed by atoms with E-state index in [0.717, 1.165) is 72.2 Å². The van der Waals surface area contributed by atoms with Gasteiger partial charge in [0.15, 0.2) is 0 Å². The summed E-state index contributed by atoms with van der Waals surface area (Å²) in [4.78, 5) is 0. The first-order valence-electron chi connectivity index (χ1n) is 37.7. The minimum absolute atomic E-state index is 0.00680. The van der Waals surface area contributed by atoms with E-state index >= 15 is 0 Å². The lowest BCUT2D eigenvalue weighted by Gasteiger charge is -2.59. The Labute approximate surface area is 638 Å². The van der Waals surface area contributed by atoms with Crippen LogP contribution >= 0.6 is 151 Å². The summed E-state index contributed by atoms with van der Waals surface area (Å²) in [6.45, 7) is 35.1. The van der Waals surface area contributed by atoms with E-state index in [0.29, 0.717) is 91.3 Å². The van der Waals surface area contributed by atoms with Crippen molar-refractivity contribution in [2.75, 3.05) is 0 Å². The van der Waals surface area contributed by atoms with Crippen molar-refractivity contribution in [2.45, 2.75) is 321 Å². The standard InChI is InChI=1S/C15H36O3P12.C14H24O3P2.2C14H24O2P2.C14H22O/c1-9-4-5-10-12(17-25-19)15(16)7-6-11(14(15,8-9)13(10,2)3)18-27(28(21)22)30(26-20)29(23)24;1-11(2)8-4-6-12(11,3)14-9(16-14)5-7-13(14,15)10(8)17-19-18;1-11(2)9-5-8-12(11,3)14-7-4-6-13(14,16-14)10(9)15-18-17;1-12(2)9-6-8-13(12,3)10-5-4-7-14(10,15)11(9)16-18-17;1-13(2)11-7-8-14(13,3)10-6-4-5-9(10)12(11)15/h4,10-12,16,25-26H,5-8,19-24H2,1-3H3;8-10,15,19H,4-7,18H2,1-3H3;9-10,18H,4-8,17H2,1-3H3;5,9,11,15,18H,4,6-8,17H2,1-3H3;11-12,15H,4-8H2,1-3H3/t10?,11-,12-,14?,15-,27?,30?;8?,9-,10-,12?,13-,14+;9?,10-,12?,13-,14+;9?,11-,13?,14+;11?,12-,14?/m11110/s1. The minimum atomic E-state index is -0.810. The molecule has 0 aromatic heterocycles. The van der Waals surface area contributed by atoms with Crippen molar-refractivity contribution in [1.82, 2.24) is 0 Å². The fourth-order valence-corrected chi connectivity index (χ4v) is 97.7. The van der Waals surface area contributed by atoms with Crippen LogP contribution < -0.4 is 0 Å². The fraction of sp³-hybridized carbons (Fsp3) is 0.915. The Kier molecular flexibility index (Phi) is 24.7. The first-order valence-corrected chi connectivity index (χ1v) is 66.1. The highest BCUT2D eigenvalue weighted by Crippen LogP contribution is 3.10. The van der Waals surface area contributed by atoms with Gasteiger partial charge in [-0.1, -0.05) is 164 Å². The monoisotopic (exact) mass is 1720 g/mol. The number of aliphatic hydroxyl groups excluding tert-OH is 1. The molecule has 4 N–H and O–H groups in total. The molecule has 2 saturated heterocycles. The zero-order valence-electron chi connectivity index (χ0n) is 62.8. The summed E-state index contributed by atoms with van der Waals surface area (Å²) in [7, 11) is 27.9. The summed E-state index contributed by atoms with van der Waals surface area (Å²) in [5, 5.41) is 45.4. The first-order chi connectivity index (χ1) is 46.6. The number of allylic oxidation sites excluding steroid dienone is 4. The Bertz CT molecular complexity index is 3220. The molecule has 570 valence electrons. The summed E-state index contributed by atoms with van der Waals surface area (Å²) >= 11 is 0. The fourth-order valence-electron chi connectivity index (χ4n) is 27.7. The van der Waals surface area contributed by atoms with Crippen LogP contribution in [-0.4, -0.2) is 96.8 Å². The summed E-state index contributed by atoms with van der Waals surface area (Å²) in [6, 6.07) is 0. The van der Waals surface area contributed by atoms with Crippen LogP contribution in [0.3, 0.4) is 0 Å². The van der Waals surface area contributed by atoms with Gasteiger partial charge in [-0.05, 0) is 241 Å². The number of rotatable bonds is 14. The number of epoxide rings is 2. The topological polar surface area (TPSA) is 152 Å². The molecule has 17 aliphatic rings. The molecule has 26 unspecified atom stereocenters. The molecule has 13 fully saturated rings. The van der Waals surface area contributed by atoms with E-state index in [2.05, 4.69) is 196 Å². The molecule has 100 heavy (non-hydrogen) atoms. The lowest BCUT2D eigenvalue weighted by atomic mass is 9.49. The van der Waals surface area contributed by atoms with Crippen molar-refractivity contribution in [3.8, 4) is 0 Å². The number of ether oxygens (including phenoxy) is 2. The van der Waals surface area contributed by atoms with Crippen LogP contribution in [0.1, 0.15) is 245 Å². The molecule has 2 heterocycles. The number of hydrogen-bond acceptors (Lipinski definition) is 11. The Morgan fingerprint density at radius 1 is 0.530 bits per heavy atom. The highest BCUT2D eigenvalue weighted by molar-refractivity contribution is 9.10. The van der Waals surface area contributed by atoms with E-state index in [-0.39, 0.29) is 107 Å². The molecule has 39 atom stereocenters. The van der Waals surface area contributed by atoms with Crippen LogP contribution in [0, 0.1) is 83.7 Å². The lowest BCUT2D eigenvalue weighted by Crippen LogP contribution is -2.69. The Morgan fingerprint density at radius 3 is 1.70 bits per heavy atom. The summed E-state index contributed by atoms with van der Waals surface area (Å²) < 4.78 is 44.5. The van der Waals surface area contributed by atoms with Crippen molar-refractivity contribution < 1.29 is 52.5 Å². The molecule has 0 radical (unpaired) electrons. The Balaban J connectivity index is 0.000000114. The zero-order chi connectivity index (χ0) is 73.0. The molecule has 0 aromatic carbocycles. The van der Waals surface area contributed by atoms with Gasteiger partial charge in [-0.2, -0.15) is 0 Å². The smallest absolute Gasteiger partial charge is 0.132 e. The molecule has 10 bridgehead atoms. The molecule has 2 aliphatic heterocycles. The molecule has 29 heteroatoms. The highest BCUT2D eigenvalue weighted by atomic mass is 33.1. The normalized spacial score (nSPS) is 50.7. The van der Waals surface area contributed by atoms with Crippen molar-refractivity contribution in [3.05, 3.63) is 34.4 Å². The number of fused-ring (bicyclic) bond motifs is 12. The first kappa shape index (κ1) is 84.4. The van der Waals surface area contributed by atoms with E-state index in [4.69, 9.17) is 32.1 Å².